The van der Waals surface area contributed by atoms with Crippen molar-refractivity contribution >= 4 is 6.08 Å². The Morgan fingerprint density at radius 2 is 1.80 bits per heavy atom. The normalized spacial score (nSPS) is 11.2. The second-order valence-electron chi connectivity index (χ2n) is 3.08. The summed E-state index contributed by atoms with van der Waals surface area (Å²) >= 11 is 0. The molecule has 0 fully saturated rings. The molecule has 1 aromatic rings. The maximum Gasteiger partial charge on any atom is 0.136 e. The molecular weight excluding hydrogens is 203 g/mol. The molecule has 0 radical (unpaired) electrons. The van der Waals surface area contributed by atoms with Crippen LogP contribution in [0.25, 0.3) is 6.08 Å². The minimum absolute atomic E-state index is 0.201. The van der Waals surface area contributed by atoms with Crippen LogP contribution in [0.4, 0.5) is 13.2 Å². The Bertz CT molecular complexity index is 338. The standard InChI is InChI=1S/C11H12F3N/c1-15-5-3-2-4-9-10(13)6-8(12)7-11(9)14/h2,4,6-7,15H,3,5H2,1H3. The van der Waals surface area contributed by atoms with Gasteiger partial charge < -0.3 is 5.32 Å². The summed E-state index contributed by atoms with van der Waals surface area (Å²) in [5.74, 6) is -2.67. The molecule has 1 N–H and O–H groups in total. The number of halogens is 3. The van der Waals surface area contributed by atoms with Gasteiger partial charge in [0, 0.05) is 17.7 Å². The van der Waals surface area contributed by atoms with Gasteiger partial charge in [0.1, 0.15) is 17.5 Å². The molecular formula is C11H12F3N. The van der Waals surface area contributed by atoms with Gasteiger partial charge in [-0.2, -0.15) is 0 Å². The molecule has 15 heavy (non-hydrogen) atoms. The van der Waals surface area contributed by atoms with Crippen LogP contribution in [0.3, 0.4) is 0 Å². The van der Waals surface area contributed by atoms with Gasteiger partial charge in [0.2, 0.25) is 0 Å². The average Bonchev–Trinajstić information content (AvgIpc) is 2.15. The maximum absolute atomic E-state index is 13.1. The van der Waals surface area contributed by atoms with E-state index in [0.29, 0.717) is 18.6 Å². The fourth-order valence-corrected chi connectivity index (χ4v) is 1.14. The monoisotopic (exact) mass is 215 g/mol. The Hall–Kier alpha value is -1.29. The second kappa shape index (κ2) is 5.56. The van der Waals surface area contributed by atoms with Gasteiger partial charge in [-0.1, -0.05) is 12.2 Å². The molecule has 1 rings (SSSR count). The third kappa shape index (κ3) is 3.40. The van der Waals surface area contributed by atoms with Crippen molar-refractivity contribution in [2.75, 3.05) is 13.6 Å². The molecule has 0 atom stereocenters. The fourth-order valence-electron chi connectivity index (χ4n) is 1.14. The van der Waals surface area contributed by atoms with E-state index in [1.165, 1.54) is 6.08 Å². The predicted octanol–water partition coefficient (Wildman–Crippen LogP) is 2.73. The number of hydrogen-bond acceptors (Lipinski definition) is 1. The van der Waals surface area contributed by atoms with E-state index in [-0.39, 0.29) is 5.56 Å². The molecule has 0 spiro atoms. The van der Waals surface area contributed by atoms with Crippen LogP contribution in [0.1, 0.15) is 12.0 Å². The zero-order chi connectivity index (χ0) is 11.3. The highest BCUT2D eigenvalue weighted by atomic mass is 19.1. The van der Waals surface area contributed by atoms with Gasteiger partial charge >= 0.3 is 0 Å². The molecule has 0 saturated carbocycles. The molecule has 0 unspecified atom stereocenters. The SMILES string of the molecule is CNCCC=Cc1c(F)cc(F)cc1F. The van der Waals surface area contributed by atoms with Crippen LogP contribution in [0.5, 0.6) is 0 Å². The fraction of sp³-hybridized carbons (Fsp3) is 0.273. The summed E-state index contributed by atoms with van der Waals surface area (Å²) in [6.45, 7) is 0.723. The highest BCUT2D eigenvalue weighted by Crippen LogP contribution is 2.16. The van der Waals surface area contributed by atoms with Gasteiger partial charge in [-0.3, -0.25) is 0 Å². The third-order valence-corrected chi connectivity index (χ3v) is 1.89. The summed E-state index contributed by atoms with van der Waals surface area (Å²) in [5, 5.41) is 2.89. The van der Waals surface area contributed by atoms with E-state index in [1.807, 2.05) is 0 Å². The summed E-state index contributed by atoms with van der Waals surface area (Å²) < 4.78 is 38.7. The van der Waals surface area contributed by atoms with Crippen LogP contribution in [0.2, 0.25) is 0 Å². The van der Waals surface area contributed by atoms with Crippen molar-refractivity contribution in [3.05, 3.63) is 41.2 Å². The number of hydrogen-bond donors (Lipinski definition) is 1. The van der Waals surface area contributed by atoms with Crippen LogP contribution in [0, 0.1) is 17.5 Å². The highest BCUT2D eigenvalue weighted by Gasteiger charge is 2.07. The maximum atomic E-state index is 13.1. The Kier molecular flexibility index (Phi) is 4.37. The van der Waals surface area contributed by atoms with Gasteiger partial charge in [0.25, 0.3) is 0 Å². The lowest BCUT2D eigenvalue weighted by molar-refractivity contribution is 0.540. The first-order chi connectivity index (χ1) is 7.15. The Balaban J connectivity index is 2.80. The van der Waals surface area contributed by atoms with Gasteiger partial charge in [-0.05, 0) is 20.0 Å². The lowest BCUT2D eigenvalue weighted by Crippen LogP contribution is -2.05. The number of rotatable bonds is 4. The molecule has 1 nitrogen and oxygen atoms in total. The highest BCUT2D eigenvalue weighted by molar-refractivity contribution is 5.50. The molecule has 0 heterocycles. The number of nitrogens with one attached hydrogen (secondary N) is 1. The van der Waals surface area contributed by atoms with Gasteiger partial charge in [-0.25, -0.2) is 13.2 Å². The van der Waals surface area contributed by atoms with E-state index in [1.54, 1.807) is 13.1 Å². The molecule has 0 bridgehead atoms. The predicted molar refractivity (Wildman–Crippen MR) is 53.9 cm³/mol. The molecule has 0 aliphatic rings. The molecule has 1 aromatic carbocycles. The zero-order valence-electron chi connectivity index (χ0n) is 8.36. The van der Waals surface area contributed by atoms with Gasteiger partial charge in [-0.15, -0.1) is 0 Å². The van der Waals surface area contributed by atoms with Crippen molar-refractivity contribution in [2.45, 2.75) is 6.42 Å². The van der Waals surface area contributed by atoms with Crippen molar-refractivity contribution in [3.8, 4) is 0 Å². The zero-order valence-corrected chi connectivity index (χ0v) is 8.36. The van der Waals surface area contributed by atoms with Crippen molar-refractivity contribution < 1.29 is 13.2 Å². The summed E-state index contributed by atoms with van der Waals surface area (Å²) in [5.41, 5.74) is -0.201. The third-order valence-electron chi connectivity index (χ3n) is 1.89. The molecule has 0 amide bonds. The number of benzene rings is 1. The molecule has 0 aliphatic carbocycles. The van der Waals surface area contributed by atoms with Crippen molar-refractivity contribution in [1.29, 1.82) is 0 Å². The van der Waals surface area contributed by atoms with Crippen LogP contribution in [-0.2, 0) is 0 Å². The summed E-state index contributed by atoms with van der Waals surface area (Å²) in [7, 11) is 1.78. The Morgan fingerprint density at radius 3 is 2.33 bits per heavy atom. The van der Waals surface area contributed by atoms with Crippen LogP contribution >= 0.6 is 0 Å². The lowest BCUT2D eigenvalue weighted by atomic mass is 10.1. The first-order valence-corrected chi connectivity index (χ1v) is 4.61. The minimum Gasteiger partial charge on any atom is -0.319 e. The summed E-state index contributed by atoms with van der Waals surface area (Å²) in [4.78, 5) is 0. The summed E-state index contributed by atoms with van der Waals surface area (Å²) in [6, 6.07) is 1.33. The quantitative estimate of drug-likeness (QED) is 0.761. The molecule has 82 valence electrons. The second-order valence-corrected chi connectivity index (χ2v) is 3.08. The summed E-state index contributed by atoms with van der Waals surface area (Å²) in [6.07, 6.45) is 3.62. The van der Waals surface area contributed by atoms with Crippen molar-refractivity contribution in [3.63, 3.8) is 0 Å². The van der Waals surface area contributed by atoms with E-state index in [2.05, 4.69) is 5.32 Å². The van der Waals surface area contributed by atoms with Crippen LogP contribution < -0.4 is 5.32 Å². The largest absolute Gasteiger partial charge is 0.319 e. The van der Waals surface area contributed by atoms with E-state index < -0.39 is 17.5 Å². The van der Waals surface area contributed by atoms with Gasteiger partial charge in [0.05, 0.1) is 0 Å². The first kappa shape index (κ1) is 11.8. The Labute approximate surface area is 86.6 Å². The average molecular weight is 215 g/mol. The van der Waals surface area contributed by atoms with Gasteiger partial charge in [0.15, 0.2) is 0 Å². The van der Waals surface area contributed by atoms with E-state index >= 15 is 0 Å². The van der Waals surface area contributed by atoms with Crippen LogP contribution in [-0.4, -0.2) is 13.6 Å². The Morgan fingerprint density at radius 1 is 1.20 bits per heavy atom. The van der Waals surface area contributed by atoms with Crippen molar-refractivity contribution in [2.24, 2.45) is 0 Å². The van der Waals surface area contributed by atoms with Crippen LogP contribution in [0.15, 0.2) is 18.2 Å². The van der Waals surface area contributed by atoms with E-state index in [0.717, 1.165) is 6.54 Å². The smallest absolute Gasteiger partial charge is 0.136 e. The van der Waals surface area contributed by atoms with Crippen molar-refractivity contribution in [1.82, 2.24) is 5.32 Å². The first-order valence-electron chi connectivity index (χ1n) is 4.61. The van der Waals surface area contributed by atoms with E-state index in [9.17, 15) is 13.2 Å². The molecule has 0 aliphatic heterocycles. The lowest BCUT2D eigenvalue weighted by Gasteiger charge is -1.99. The topological polar surface area (TPSA) is 12.0 Å². The van der Waals surface area contributed by atoms with E-state index in [4.69, 9.17) is 0 Å². The minimum atomic E-state index is -0.905. The molecule has 0 saturated heterocycles. The molecule has 0 aromatic heterocycles. The molecule has 4 heteroatoms.